The Morgan fingerprint density at radius 3 is 2.55 bits per heavy atom. The summed E-state index contributed by atoms with van der Waals surface area (Å²) >= 11 is 0.816. The smallest absolute Gasteiger partial charge is 0.285 e. The number of rotatable bonds is 6. The summed E-state index contributed by atoms with van der Waals surface area (Å²) in [5.41, 5.74) is 2.68. The number of carbonyl (C=O) groups excluding carboxylic acids is 2. The minimum atomic E-state index is -1.27. The van der Waals surface area contributed by atoms with Gasteiger partial charge < -0.3 is 14.0 Å². The molecular formula is C20H18BN3O4S. The Morgan fingerprint density at radius 2 is 1.90 bits per heavy atom. The second kappa shape index (κ2) is 7.48. The van der Waals surface area contributed by atoms with Crippen LogP contribution < -0.4 is 14.8 Å². The number of aromatic nitrogens is 2. The number of ether oxygens (including phenoxy) is 2. The highest BCUT2D eigenvalue weighted by molar-refractivity contribution is 8.17. The molecule has 0 saturated carbocycles. The van der Waals surface area contributed by atoms with Gasteiger partial charge >= 0.3 is 0 Å². The number of carbonyl (C=O) groups is 2. The van der Waals surface area contributed by atoms with Crippen molar-refractivity contribution in [3.8, 4) is 11.5 Å². The molecule has 0 unspecified atom stereocenters. The van der Waals surface area contributed by atoms with Crippen molar-refractivity contribution in [2.75, 3.05) is 7.11 Å². The molecule has 1 fully saturated rings. The minimum absolute atomic E-state index is 0.252. The standard InChI is InChI=1S/C20H18BN3O4S/c1-24-16-9-14(27-2)7-8-15(16)22-17(24)11-28-13-5-3-12(4-6-13)10-20(21)18(25)23-19(26)29-20/h3-9H,10-11H2,1-2H3,(H,23,25,26)/t20-/m1/s1. The number of hydrogen-bond donors (Lipinski definition) is 1. The third kappa shape index (κ3) is 3.82. The Bertz CT molecular complexity index is 1100. The van der Waals surface area contributed by atoms with Crippen molar-refractivity contribution in [2.24, 2.45) is 7.05 Å². The van der Waals surface area contributed by atoms with E-state index >= 15 is 0 Å². The number of amides is 2. The summed E-state index contributed by atoms with van der Waals surface area (Å²) in [6.45, 7) is 0.306. The molecule has 9 heteroatoms. The highest BCUT2D eigenvalue weighted by atomic mass is 32.2. The minimum Gasteiger partial charge on any atom is -0.497 e. The summed E-state index contributed by atoms with van der Waals surface area (Å²) in [4.78, 5) is 27.8. The molecule has 2 aromatic carbocycles. The lowest BCUT2D eigenvalue weighted by molar-refractivity contribution is -0.119. The Morgan fingerprint density at radius 1 is 1.17 bits per heavy atom. The van der Waals surface area contributed by atoms with Crippen molar-refractivity contribution in [1.82, 2.24) is 14.9 Å². The van der Waals surface area contributed by atoms with Gasteiger partial charge in [0.05, 0.1) is 22.8 Å². The zero-order valence-corrected chi connectivity index (χ0v) is 16.8. The fraction of sp³-hybridized carbons (Fsp3) is 0.250. The third-order valence-electron chi connectivity index (χ3n) is 4.81. The summed E-state index contributed by atoms with van der Waals surface area (Å²) in [7, 11) is 9.62. The van der Waals surface area contributed by atoms with Gasteiger partial charge in [-0.25, -0.2) is 4.98 Å². The van der Waals surface area contributed by atoms with Crippen LogP contribution in [0.2, 0.25) is 0 Å². The average molecular weight is 407 g/mol. The number of aryl methyl sites for hydroxylation is 1. The molecule has 0 spiro atoms. The number of nitrogens with one attached hydrogen (secondary N) is 1. The van der Waals surface area contributed by atoms with Gasteiger partial charge in [0.15, 0.2) is 0 Å². The highest BCUT2D eigenvalue weighted by Gasteiger charge is 2.42. The highest BCUT2D eigenvalue weighted by Crippen LogP contribution is 2.32. The van der Waals surface area contributed by atoms with Crippen LogP contribution in [0, 0.1) is 0 Å². The molecule has 146 valence electrons. The van der Waals surface area contributed by atoms with Crippen LogP contribution in [0.15, 0.2) is 42.5 Å². The first-order valence-corrected chi connectivity index (χ1v) is 9.74. The number of benzene rings is 2. The molecule has 1 atom stereocenters. The second-order valence-electron chi connectivity index (χ2n) is 6.78. The average Bonchev–Trinajstić information content (AvgIpc) is 3.15. The summed E-state index contributed by atoms with van der Waals surface area (Å²) in [5.74, 6) is 1.77. The van der Waals surface area contributed by atoms with Gasteiger partial charge in [0, 0.05) is 13.1 Å². The van der Waals surface area contributed by atoms with E-state index in [-0.39, 0.29) is 6.42 Å². The number of methoxy groups -OCH3 is 1. The van der Waals surface area contributed by atoms with Crippen LogP contribution in [0.5, 0.6) is 11.5 Å². The van der Waals surface area contributed by atoms with E-state index in [9.17, 15) is 9.59 Å². The zero-order valence-electron chi connectivity index (χ0n) is 16.0. The van der Waals surface area contributed by atoms with Crippen LogP contribution in [0.25, 0.3) is 11.0 Å². The summed E-state index contributed by atoms with van der Waals surface area (Å²) < 4.78 is 11.8. The van der Waals surface area contributed by atoms with E-state index in [1.807, 2.05) is 54.1 Å². The van der Waals surface area contributed by atoms with Gasteiger partial charge in [-0.1, -0.05) is 23.9 Å². The molecular weight excluding hydrogens is 389 g/mol. The van der Waals surface area contributed by atoms with Crippen molar-refractivity contribution in [3.05, 3.63) is 53.9 Å². The quantitative estimate of drug-likeness (QED) is 0.633. The molecule has 0 bridgehead atoms. The summed E-state index contributed by atoms with van der Waals surface area (Å²) in [5, 5.41) is 1.80. The van der Waals surface area contributed by atoms with Gasteiger partial charge in [-0.2, -0.15) is 0 Å². The van der Waals surface area contributed by atoms with Crippen molar-refractivity contribution in [2.45, 2.75) is 17.7 Å². The Labute approximate surface area is 173 Å². The summed E-state index contributed by atoms with van der Waals surface area (Å²) in [6, 6.07) is 13.0. The van der Waals surface area contributed by atoms with Gasteiger partial charge in [0.1, 0.15) is 31.8 Å². The molecule has 2 amide bonds. The molecule has 2 radical (unpaired) electrons. The lowest BCUT2D eigenvalue weighted by Gasteiger charge is -2.18. The maximum Gasteiger partial charge on any atom is 0.285 e. The Balaban J connectivity index is 1.43. The number of nitrogens with zero attached hydrogens (tertiary/aromatic N) is 2. The molecule has 1 saturated heterocycles. The van der Waals surface area contributed by atoms with E-state index < -0.39 is 15.8 Å². The molecule has 0 aliphatic carbocycles. The van der Waals surface area contributed by atoms with Crippen LogP contribution in [0.3, 0.4) is 0 Å². The SMILES string of the molecule is [B][C@]1(Cc2ccc(OCc3nc4ccc(OC)cc4n3C)cc2)SC(=O)NC1=O. The topological polar surface area (TPSA) is 82.4 Å². The maximum atomic E-state index is 11.9. The van der Waals surface area contributed by atoms with Gasteiger partial charge in [-0.3, -0.25) is 14.9 Å². The number of fused-ring (bicyclic) bond motifs is 1. The molecule has 1 N–H and O–H groups in total. The Hall–Kier alpha value is -2.94. The zero-order chi connectivity index (χ0) is 20.6. The van der Waals surface area contributed by atoms with Crippen molar-refractivity contribution < 1.29 is 19.1 Å². The van der Waals surface area contributed by atoms with Gasteiger partial charge in [-0.15, -0.1) is 0 Å². The van der Waals surface area contributed by atoms with Crippen LogP contribution in [-0.4, -0.2) is 40.3 Å². The van der Waals surface area contributed by atoms with E-state index in [2.05, 4.69) is 10.3 Å². The molecule has 7 nitrogen and oxygen atoms in total. The van der Waals surface area contributed by atoms with Crippen molar-refractivity contribution >= 4 is 41.8 Å². The first-order chi connectivity index (χ1) is 13.9. The van der Waals surface area contributed by atoms with E-state index in [4.69, 9.17) is 17.3 Å². The normalized spacial score (nSPS) is 18.8. The molecule has 4 rings (SSSR count). The molecule has 1 aliphatic rings. The summed E-state index contributed by atoms with van der Waals surface area (Å²) in [6.07, 6.45) is 0.252. The predicted octanol–water partition coefficient (Wildman–Crippen LogP) is 2.55. The molecule has 29 heavy (non-hydrogen) atoms. The monoisotopic (exact) mass is 407 g/mol. The maximum absolute atomic E-state index is 11.9. The van der Waals surface area contributed by atoms with E-state index in [1.54, 1.807) is 7.11 Å². The van der Waals surface area contributed by atoms with Crippen molar-refractivity contribution in [1.29, 1.82) is 0 Å². The fourth-order valence-corrected chi connectivity index (χ4v) is 4.04. The van der Waals surface area contributed by atoms with Crippen LogP contribution in [0.1, 0.15) is 11.4 Å². The van der Waals surface area contributed by atoms with E-state index in [1.165, 1.54) is 0 Å². The largest absolute Gasteiger partial charge is 0.497 e. The number of imide groups is 1. The Kier molecular flexibility index (Phi) is 5.00. The first kappa shape index (κ1) is 19.4. The third-order valence-corrected chi connectivity index (χ3v) is 5.79. The van der Waals surface area contributed by atoms with Crippen molar-refractivity contribution in [3.63, 3.8) is 0 Å². The first-order valence-electron chi connectivity index (χ1n) is 8.92. The van der Waals surface area contributed by atoms with Gasteiger partial charge in [0.25, 0.3) is 5.24 Å². The number of imidazole rings is 1. The van der Waals surface area contributed by atoms with E-state index in [0.29, 0.717) is 12.4 Å². The lowest BCUT2D eigenvalue weighted by Crippen LogP contribution is -2.38. The molecule has 1 aromatic heterocycles. The van der Waals surface area contributed by atoms with Crippen LogP contribution in [0.4, 0.5) is 4.79 Å². The van der Waals surface area contributed by atoms with Crippen LogP contribution in [-0.2, 0) is 24.9 Å². The lowest BCUT2D eigenvalue weighted by atomic mass is 9.80. The number of hydrogen-bond acceptors (Lipinski definition) is 6. The fourth-order valence-electron chi connectivity index (χ4n) is 3.18. The number of thioether (sulfide) groups is 1. The molecule has 3 aromatic rings. The molecule has 2 heterocycles. The van der Waals surface area contributed by atoms with E-state index in [0.717, 1.165) is 39.9 Å². The predicted molar refractivity (Wildman–Crippen MR) is 111 cm³/mol. The second-order valence-corrected chi connectivity index (χ2v) is 8.09. The molecule has 1 aliphatic heterocycles. The van der Waals surface area contributed by atoms with Crippen LogP contribution >= 0.6 is 11.8 Å². The van der Waals surface area contributed by atoms with Gasteiger partial charge in [0.2, 0.25) is 5.91 Å². The van der Waals surface area contributed by atoms with Gasteiger partial charge in [-0.05, 0) is 36.2 Å².